The lowest BCUT2D eigenvalue weighted by Crippen LogP contribution is -2.26. The van der Waals surface area contributed by atoms with Crippen LogP contribution < -0.4 is 16.0 Å². The van der Waals surface area contributed by atoms with E-state index in [9.17, 15) is 19.6 Å². The Labute approximate surface area is 236 Å². The Balaban J connectivity index is 1.47. The van der Waals surface area contributed by atoms with Crippen molar-refractivity contribution < 1.29 is 14.4 Å². The summed E-state index contributed by atoms with van der Waals surface area (Å²) in [5, 5.41) is 23.8. The van der Waals surface area contributed by atoms with E-state index in [0.29, 0.717) is 52.9 Å². The summed E-state index contributed by atoms with van der Waals surface area (Å²) in [6, 6.07) is 22.7. The molecule has 0 aliphatic carbocycles. The molecule has 0 saturated heterocycles. The maximum Gasteiger partial charge on any atom is 0.251 e. The van der Waals surface area contributed by atoms with Crippen molar-refractivity contribution in [3.63, 3.8) is 0 Å². The topological polar surface area (TPSA) is 129 Å². The minimum atomic E-state index is -0.357. The zero-order chi connectivity index (χ0) is 28.6. The number of ketones is 1. The highest BCUT2D eigenvalue weighted by atomic mass is 35.5. The van der Waals surface area contributed by atoms with E-state index in [4.69, 9.17) is 11.6 Å². The van der Waals surface area contributed by atoms with Gasteiger partial charge in [-0.05, 0) is 61.9 Å². The SMILES string of the molecule is CC(=O)Nc1ccc(C(=O)NCCCNc2c(C#N)c(C(=O)c3ccc(C)cc3)nn2-c2ccc(Cl)cc2)cc1. The van der Waals surface area contributed by atoms with Crippen LogP contribution in [0.3, 0.4) is 0 Å². The molecule has 10 heteroatoms. The largest absolute Gasteiger partial charge is 0.369 e. The number of carbonyl (C=O) groups is 3. The van der Waals surface area contributed by atoms with Crippen LogP contribution in [0.5, 0.6) is 0 Å². The van der Waals surface area contributed by atoms with Crippen molar-refractivity contribution in [2.24, 2.45) is 0 Å². The third-order valence-corrected chi connectivity index (χ3v) is 6.25. The molecule has 0 unspecified atom stereocenters. The average molecular weight is 555 g/mol. The molecule has 9 nitrogen and oxygen atoms in total. The van der Waals surface area contributed by atoms with E-state index in [-0.39, 0.29) is 28.9 Å². The zero-order valence-corrected chi connectivity index (χ0v) is 22.7. The van der Waals surface area contributed by atoms with Crippen LogP contribution in [0, 0.1) is 18.3 Å². The van der Waals surface area contributed by atoms with E-state index >= 15 is 0 Å². The van der Waals surface area contributed by atoms with Crippen LogP contribution >= 0.6 is 11.6 Å². The van der Waals surface area contributed by atoms with Gasteiger partial charge in [-0.25, -0.2) is 4.68 Å². The standard InChI is InChI=1S/C30H27ClN6O3/c1-19-4-6-21(7-5-19)28(39)27-26(18-32)29(37(36-27)25-14-10-23(31)11-15-25)33-16-3-17-34-30(40)22-8-12-24(13-9-22)35-20(2)38/h4-15,33H,3,16-17H2,1-2H3,(H,34,40)(H,35,38). The van der Waals surface area contributed by atoms with Gasteiger partial charge in [0.1, 0.15) is 17.5 Å². The third-order valence-electron chi connectivity index (χ3n) is 6.00. The molecule has 0 bridgehead atoms. The van der Waals surface area contributed by atoms with Crippen molar-refractivity contribution >= 4 is 40.7 Å². The Morgan fingerprint density at radius 2 is 1.57 bits per heavy atom. The summed E-state index contributed by atoms with van der Waals surface area (Å²) in [4.78, 5) is 37.0. The van der Waals surface area contributed by atoms with Crippen molar-refractivity contribution in [3.8, 4) is 11.8 Å². The number of hydrogen-bond acceptors (Lipinski definition) is 6. The van der Waals surface area contributed by atoms with Gasteiger partial charge in [0.15, 0.2) is 5.69 Å². The van der Waals surface area contributed by atoms with Crippen molar-refractivity contribution in [1.82, 2.24) is 15.1 Å². The van der Waals surface area contributed by atoms with Crippen LogP contribution in [0.2, 0.25) is 5.02 Å². The lowest BCUT2D eigenvalue weighted by atomic mass is 10.0. The summed E-state index contributed by atoms with van der Waals surface area (Å²) in [7, 11) is 0. The predicted octanol–water partition coefficient (Wildman–Crippen LogP) is 5.13. The van der Waals surface area contributed by atoms with Gasteiger partial charge in [-0.1, -0.05) is 41.4 Å². The van der Waals surface area contributed by atoms with Gasteiger partial charge in [0.25, 0.3) is 5.91 Å². The number of nitrogens with zero attached hydrogens (tertiary/aromatic N) is 3. The van der Waals surface area contributed by atoms with Crippen LogP contribution in [0.1, 0.15) is 50.9 Å². The van der Waals surface area contributed by atoms with Gasteiger partial charge in [0, 0.05) is 41.9 Å². The monoisotopic (exact) mass is 554 g/mol. The quantitative estimate of drug-likeness (QED) is 0.184. The molecule has 4 rings (SSSR count). The van der Waals surface area contributed by atoms with Gasteiger partial charge >= 0.3 is 0 Å². The van der Waals surface area contributed by atoms with Crippen LogP contribution in [0.15, 0.2) is 72.8 Å². The predicted molar refractivity (Wildman–Crippen MR) is 154 cm³/mol. The molecule has 0 saturated carbocycles. The lowest BCUT2D eigenvalue weighted by molar-refractivity contribution is -0.114. The summed E-state index contributed by atoms with van der Waals surface area (Å²) in [5.41, 5.74) is 3.32. The molecule has 3 aromatic carbocycles. The number of aryl methyl sites for hydroxylation is 1. The highest BCUT2D eigenvalue weighted by Crippen LogP contribution is 2.26. The average Bonchev–Trinajstić information content (AvgIpc) is 3.31. The number of hydrogen-bond donors (Lipinski definition) is 3. The Kier molecular flexibility index (Phi) is 8.94. The van der Waals surface area contributed by atoms with E-state index in [1.165, 1.54) is 11.6 Å². The van der Waals surface area contributed by atoms with Gasteiger partial charge in [0.2, 0.25) is 11.7 Å². The molecule has 1 heterocycles. The van der Waals surface area contributed by atoms with Crippen LogP contribution in [0.25, 0.3) is 5.69 Å². The normalized spacial score (nSPS) is 10.4. The van der Waals surface area contributed by atoms with Crippen molar-refractivity contribution in [2.75, 3.05) is 23.7 Å². The molecule has 0 fully saturated rings. The summed E-state index contributed by atoms with van der Waals surface area (Å²) >= 11 is 6.06. The van der Waals surface area contributed by atoms with E-state index in [0.717, 1.165) is 5.56 Å². The second-order valence-electron chi connectivity index (χ2n) is 9.06. The Morgan fingerprint density at radius 1 is 0.925 bits per heavy atom. The first kappa shape index (κ1) is 28.1. The van der Waals surface area contributed by atoms with E-state index in [1.54, 1.807) is 60.7 Å². The molecule has 0 radical (unpaired) electrons. The van der Waals surface area contributed by atoms with Gasteiger partial charge in [-0.2, -0.15) is 10.4 Å². The fourth-order valence-corrected chi connectivity index (χ4v) is 4.09. The number of benzene rings is 3. The lowest BCUT2D eigenvalue weighted by Gasteiger charge is -2.11. The number of amides is 2. The zero-order valence-electron chi connectivity index (χ0n) is 22.0. The molecule has 0 spiro atoms. The minimum Gasteiger partial charge on any atom is -0.369 e. The molecule has 4 aromatic rings. The van der Waals surface area contributed by atoms with Gasteiger partial charge in [0.05, 0.1) is 5.69 Å². The Morgan fingerprint density at radius 3 is 2.20 bits per heavy atom. The fraction of sp³-hybridized carbons (Fsp3) is 0.167. The Hall–Kier alpha value is -4.94. The molecule has 0 aliphatic heterocycles. The summed E-state index contributed by atoms with van der Waals surface area (Å²) in [6.45, 7) is 4.11. The number of nitrogens with one attached hydrogen (secondary N) is 3. The third kappa shape index (κ3) is 6.73. The summed E-state index contributed by atoms with van der Waals surface area (Å²) in [6.07, 6.45) is 0.535. The maximum absolute atomic E-state index is 13.3. The molecular formula is C30H27ClN6O3. The number of carbonyl (C=O) groups excluding carboxylic acids is 3. The Bertz CT molecular complexity index is 1570. The van der Waals surface area contributed by atoms with Gasteiger partial charge in [-0.15, -0.1) is 0 Å². The number of halogens is 1. The number of nitriles is 1. The molecule has 2 amide bonds. The highest BCUT2D eigenvalue weighted by molar-refractivity contribution is 6.30. The summed E-state index contributed by atoms with van der Waals surface area (Å²) in [5.74, 6) is -0.415. The highest BCUT2D eigenvalue weighted by Gasteiger charge is 2.25. The van der Waals surface area contributed by atoms with Crippen LogP contribution in [-0.4, -0.2) is 40.5 Å². The molecule has 40 heavy (non-hydrogen) atoms. The molecule has 0 aliphatic rings. The number of rotatable bonds is 10. The van der Waals surface area contributed by atoms with Crippen molar-refractivity contribution in [2.45, 2.75) is 20.3 Å². The number of anilines is 2. The molecule has 1 aromatic heterocycles. The van der Waals surface area contributed by atoms with Crippen LogP contribution in [-0.2, 0) is 4.79 Å². The second-order valence-corrected chi connectivity index (χ2v) is 9.50. The van der Waals surface area contributed by atoms with Crippen molar-refractivity contribution in [3.05, 3.63) is 106 Å². The first-order valence-electron chi connectivity index (χ1n) is 12.6. The smallest absolute Gasteiger partial charge is 0.251 e. The first-order valence-corrected chi connectivity index (χ1v) is 12.9. The molecular weight excluding hydrogens is 528 g/mol. The molecule has 3 N–H and O–H groups in total. The number of aromatic nitrogens is 2. The maximum atomic E-state index is 13.3. The van der Waals surface area contributed by atoms with Crippen LogP contribution in [0.4, 0.5) is 11.5 Å². The molecule has 202 valence electrons. The van der Waals surface area contributed by atoms with E-state index in [2.05, 4.69) is 27.1 Å². The van der Waals surface area contributed by atoms with Crippen molar-refractivity contribution in [1.29, 1.82) is 5.26 Å². The first-order chi connectivity index (χ1) is 19.3. The fourth-order valence-electron chi connectivity index (χ4n) is 3.96. The summed E-state index contributed by atoms with van der Waals surface area (Å²) < 4.78 is 1.52. The van der Waals surface area contributed by atoms with E-state index in [1.807, 2.05) is 19.1 Å². The molecule has 0 atom stereocenters. The minimum absolute atomic E-state index is 0.0415. The van der Waals surface area contributed by atoms with Gasteiger partial charge < -0.3 is 16.0 Å². The van der Waals surface area contributed by atoms with E-state index < -0.39 is 0 Å². The van der Waals surface area contributed by atoms with Gasteiger partial charge in [-0.3, -0.25) is 14.4 Å². The second kappa shape index (κ2) is 12.7.